The summed E-state index contributed by atoms with van der Waals surface area (Å²) in [5, 5.41) is 3.23. The third kappa shape index (κ3) is 2.89. The van der Waals surface area contributed by atoms with Crippen molar-refractivity contribution in [1.29, 1.82) is 0 Å². The molecule has 1 fully saturated rings. The summed E-state index contributed by atoms with van der Waals surface area (Å²) in [5.41, 5.74) is 1.18. The minimum absolute atomic E-state index is 0.353. The second kappa shape index (κ2) is 6.42. The van der Waals surface area contributed by atoms with Crippen molar-refractivity contribution < 1.29 is 0 Å². The molecule has 1 aromatic rings. The fraction of sp³-hybridized carbons (Fsp3) is 0.750. The van der Waals surface area contributed by atoms with Gasteiger partial charge in [-0.1, -0.05) is 20.8 Å². The molecular weight excluding hydrogens is 248 g/mol. The summed E-state index contributed by atoms with van der Waals surface area (Å²) in [6, 6.07) is 0.627. The Hall–Kier alpha value is -1.32. The lowest BCUT2D eigenvalue weighted by Crippen LogP contribution is -2.40. The second-order valence-corrected chi connectivity index (χ2v) is 6.03. The smallest absolute Gasteiger partial charge is 0.137 e. The molecule has 1 aromatic heterocycles. The molecule has 112 valence electrons. The number of rotatable bonds is 4. The van der Waals surface area contributed by atoms with E-state index in [1.54, 1.807) is 0 Å². The fourth-order valence-electron chi connectivity index (χ4n) is 3.01. The van der Waals surface area contributed by atoms with Crippen molar-refractivity contribution in [2.45, 2.75) is 65.3 Å². The maximum Gasteiger partial charge on any atom is 0.137 e. The largest absolute Gasteiger partial charge is 0.373 e. The van der Waals surface area contributed by atoms with Gasteiger partial charge in [0, 0.05) is 31.1 Å². The predicted octanol–water partition coefficient (Wildman–Crippen LogP) is 3.72. The SMILES string of the molecule is CCC1CCCCN1c1nc(C(C)C)nc(NC)c1C. The third-order valence-corrected chi connectivity index (χ3v) is 4.26. The van der Waals surface area contributed by atoms with Crippen molar-refractivity contribution in [2.75, 3.05) is 23.8 Å². The van der Waals surface area contributed by atoms with Crippen molar-refractivity contribution in [3.05, 3.63) is 11.4 Å². The average molecular weight is 276 g/mol. The normalized spacial score (nSPS) is 19.5. The first-order chi connectivity index (χ1) is 9.58. The first kappa shape index (κ1) is 15.1. The van der Waals surface area contributed by atoms with E-state index in [1.165, 1.54) is 31.2 Å². The maximum atomic E-state index is 4.88. The summed E-state index contributed by atoms with van der Waals surface area (Å²) in [5.74, 6) is 3.40. The van der Waals surface area contributed by atoms with E-state index in [1.807, 2.05) is 7.05 Å². The number of hydrogen-bond donors (Lipinski definition) is 1. The molecule has 0 saturated carbocycles. The number of nitrogens with one attached hydrogen (secondary N) is 1. The number of hydrogen-bond acceptors (Lipinski definition) is 4. The van der Waals surface area contributed by atoms with Gasteiger partial charge in [-0.05, 0) is 32.6 Å². The zero-order chi connectivity index (χ0) is 14.7. The van der Waals surface area contributed by atoms with Gasteiger partial charge in [0.15, 0.2) is 0 Å². The summed E-state index contributed by atoms with van der Waals surface area (Å²) in [6.45, 7) is 9.84. The molecule has 1 aliphatic rings. The van der Waals surface area contributed by atoms with Crippen LogP contribution in [-0.4, -0.2) is 29.6 Å². The lowest BCUT2D eigenvalue weighted by Gasteiger charge is -2.37. The Labute approximate surface area is 123 Å². The highest BCUT2D eigenvalue weighted by atomic mass is 15.2. The fourth-order valence-corrected chi connectivity index (χ4v) is 3.01. The molecular formula is C16H28N4. The first-order valence-corrected chi connectivity index (χ1v) is 7.91. The molecule has 1 saturated heterocycles. The van der Waals surface area contributed by atoms with Crippen LogP contribution in [0.5, 0.6) is 0 Å². The standard InChI is InChI=1S/C16H28N4/c1-6-13-9-7-8-10-20(13)16-12(4)15(17-5)18-14(19-16)11(2)3/h11,13H,6-10H2,1-5H3,(H,17,18,19). The zero-order valence-corrected chi connectivity index (χ0v) is 13.5. The van der Waals surface area contributed by atoms with Gasteiger partial charge in [-0.15, -0.1) is 0 Å². The molecule has 4 nitrogen and oxygen atoms in total. The molecule has 0 spiro atoms. The lowest BCUT2D eigenvalue weighted by molar-refractivity contribution is 0.445. The molecule has 0 radical (unpaired) electrons. The molecule has 20 heavy (non-hydrogen) atoms. The van der Waals surface area contributed by atoms with Crippen LogP contribution in [0.2, 0.25) is 0 Å². The molecule has 4 heteroatoms. The zero-order valence-electron chi connectivity index (χ0n) is 13.5. The second-order valence-electron chi connectivity index (χ2n) is 6.03. The summed E-state index contributed by atoms with van der Waals surface area (Å²) in [7, 11) is 1.94. The molecule has 2 rings (SSSR count). The van der Waals surface area contributed by atoms with E-state index in [2.05, 4.69) is 42.9 Å². The number of piperidine rings is 1. The third-order valence-electron chi connectivity index (χ3n) is 4.26. The van der Waals surface area contributed by atoms with E-state index >= 15 is 0 Å². The quantitative estimate of drug-likeness (QED) is 0.910. The Morgan fingerprint density at radius 2 is 2.05 bits per heavy atom. The van der Waals surface area contributed by atoms with Crippen LogP contribution < -0.4 is 10.2 Å². The van der Waals surface area contributed by atoms with E-state index in [0.29, 0.717) is 12.0 Å². The topological polar surface area (TPSA) is 41.1 Å². The molecule has 2 heterocycles. The molecule has 1 N–H and O–H groups in total. The lowest BCUT2D eigenvalue weighted by atomic mass is 9.99. The van der Waals surface area contributed by atoms with Crippen molar-refractivity contribution >= 4 is 11.6 Å². The van der Waals surface area contributed by atoms with Crippen molar-refractivity contribution in [3.63, 3.8) is 0 Å². The minimum atomic E-state index is 0.353. The average Bonchev–Trinajstić information content (AvgIpc) is 2.47. The van der Waals surface area contributed by atoms with Gasteiger partial charge in [-0.3, -0.25) is 0 Å². The van der Waals surface area contributed by atoms with E-state index in [4.69, 9.17) is 4.98 Å². The Kier molecular flexibility index (Phi) is 4.84. The number of aromatic nitrogens is 2. The van der Waals surface area contributed by atoms with Gasteiger partial charge in [0.2, 0.25) is 0 Å². The van der Waals surface area contributed by atoms with Gasteiger partial charge < -0.3 is 10.2 Å². The number of anilines is 2. The molecule has 1 aliphatic heterocycles. The van der Waals surface area contributed by atoms with Crippen LogP contribution in [0.15, 0.2) is 0 Å². The van der Waals surface area contributed by atoms with E-state index in [9.17, 15) is 0 Å². The molecule has 0 aromatic carbocycles. The Bertz CT molecular complexity index is 456. The van der Waals surface area contributed by atoms with Gasteiger partial charge in [-0.2, -0.15) is 0 Å². The summed E-state index contributed by atoms with van der Waals surface area (Å²) >= 11 is 0. The van der Waals surface area contributed by atoms with E-state index in [0.717, 1.165) is 24.0 Å². The molecule has 0 amide bonds. The van der Waals surface area contributed by atoms with Crippen LogP contribution in [0.4, 0.5) is 11.6 Å². The Balaban J connectivity index is 2.45. The van der Waals surface area contributed by atoms with Crippen LogP contribution in [0.3, 0.4) is 0 Å². The summed E-state index contributed by atoms with van der Waals surface area (Å²) in [6.07, 6.45) is 5.09. The van der Waals surface area contributed by atoms with E-state index < -0.39 is 0 Å². The summed E-state index contributed by atoms with van der Waals surface area (Å²) < 4.78 is 0. The van der Waals surface area contributed by atoms with Crippen LogP contribution in [-0.2, 0) is 0 Å². The molecule has 1 unspecified atom stereocenters. The van der Waals surface area contributed by atoms with Crippen LogP contribution >= 0.6 is 0 Å². The highest BCUT2D eigenvalue weighted by molar-refractivity contribution is 5.59. The molecule has 1 atom stereocenters. The van der Waals surface area contributed by atoms with Gasteiger partial charge in [0.1, 0.15) is 17.5 Å². The Morgan fingerprint density at radius 3 is 2.65 bits per heavy atom. The first-order valence-electron chi connectivity index (χ1n) is 7.91. The van der Waals surface area contributed by atoms with Gasteiger partial charge in [-0.25, -0.2) is 9.97 Å². The predicted molar refractivity (Wildman–Crippen MR) is 85.7 cm³/mol. The monoisotopic (exact) mass is 276 g/mol. The maximum absolute atomic E-state index is 4.88. The number of nitrogens with zero attached hydrogens (tertiary/aromatic N) is 3. The van der Waals surface area contributed by atoms with Crippen molar-refractivity contribution in [1.82, 2.24) is 9.97 Å². The van der Waals surface area contributed by atoms with Gasteiger partial charge in [0.25, 0.3) is 0 Å². The van der Waals surface area contributed by atoms with Crippen molar-refractivity contribution in [2.24, 2.45) is 0 Å². The molecule has 0 bridgehead atoms. The van der Waals surface area contributed by atoms with E-state index in [-0.39, 0.29) is 0 Å². The molecule has 0 aliphatic carbocycles. The highest BCUT2D eigenvalue weighted by Gasteiger charge is 2.25. The Morgan fingerprint density at radius 1 is 1.30 bits per heavy atom. The van der Waals surface area contributed by atoms with Crippen LogP contribution in [0.1, 0.15) is 63.8 Å². The summed E-state index contributed by atoms with van der Waals surface area (Å²) in [4.78, 5) is 12.0. The van der Waals surface area contributed by atoms with Gasteiger partial charge >= 0.3 is 0 Å². The van der Waals surface area contributed by atoms with Crippen LogP contribution in [0, 0.1) is 6.92 Å². The van der Waals surface area contributed by atoms with Gasteiger partial charge in [0.05, 0.1) is 0 Å². The highest BCUT2D eigenvalue weighted by Crippen LogP contribution is 2.31. The van der Waals surface area contributed by atoms with Crippen LogP contribution in [0.25, 0.3) is 0 Å². The van der Waals surface area contributed by atoms with Crippen molar-refractivity contribution in [3.8, 4) is 0 Å². The minimum Gasteiger partial charge on any atom is -0.373 e.